The van der Waals surface area contributed by atoms with E-state index in [4.69, 9.17) is 4.74 Å². The lowest BCUT2D eigenvalue weighted by Crippen LogP contribution is -2.15. The molecule has 0 bridgehead atoms. The Hall–Kier alpha value is -0.0400. The predicted octanol–water partition coefficient (Wildman–Crippen LogP) is 2.99. The van der Waals surface area contributed by atoms with E-state index in [9.17, 15) is 0 Å². The van der Waals surface area contributed by atoms with Gasteiger partial charge in [0.2, 0.25) is 0 Å². The summed E-state index contributed by atoms with van der Waals surface area (Å²) in [5.41, 5.74) is 0.765. The monoisotopic (exact) mass is 156 g/mol. The molecule has 0 unspecified atom stereocenters. The van der Waals surface area contributed by atoms with Gasteiger partial charge in [0.15, 0.2) is 0 Å². The summed E-state index contributed by atoms with van der Waals surface area (Å²) in [6.45, 7) is 6.87. The SMILES string of the molecule is COC1(CCC(C)(C)C)CC1. The molecule has 0 N–H and O–H groups in total. The fraction of sp³-hybridized carbons (Fsp3) is 1.00. The molecule has 0 aliphatic heterocycles. The fourth-order valence-electron chi connectivity index (χ4n) is 1.30. The highest BCUT2D eigenvalue weighted by Gasteiger charge is 2.42. The zero-order chi connectivity index (χ0) is 8.54. The van der Waals surface area contributed by atoms with E-state index in [1.54, 1.807) is 0 Å². The van der Waals surface area contributed by atoms with Gasteiger partial charge in [0, 0.05) is 7.11 Å². The zero-order valence-corrected chi connectivity index (χ0v) is 8.24. The van der Waals surface area contributed by atoms with Gasteiger partial charge in [-0.15, -0.1) is 0 Å². The topological polar surface area (TPSA) is 9.23 Å². The first kappa shape index (κ1) is 9.05. The van der Waals surface area contributed by atoms with E-state index in [0.29, 0.717) is 11.0 Å². The van der Waals surface area contributed by atoms with Crippen molar-refractivity contribution < 1.29 is 4.74 Å². The van der Waals surface area contributed by atoms with Gasteiger partial charge < -0.3 is 4.74 Å². The minimum absolute atomic E-state index is 0.299. The lowest BCUT2D eigenvalue weighted by atomic mass is 9.88. The van der Waals surface area contributed by atoms with Crippen LogP contribution in [0.5, 0.6) is 0 Å². The van der Waals surface area contributed by atoms with Crippen LogP contribution in [-0.4, -0.2) is 12.7 Å². The van der Waals surface area contributed by atoms with Crippen molar-refractivity contribution in [1.82, 2.24) is 0 Å². The molecule has 0 atom stereocenters. The second-order valence-corrected chi connectivity index (χ2v) is 4.95. The van der Waals surface area contributed by atoms with Crippen LogP contribution in [0.1, 0.15) is 46.5 Å². The molecule has 1 saturated carbocycles. The molecule has 0 saturated heterocycles. The van der Waals surface area contributed by atoms with Gasteiger partial charge in [0.05, 0.1) is 5.60 Å². The van der Waals surface area contributed by atoms with Gasteiger partial charge in [-0.2, -0.15) is 0 Å². The highest BCUT2D eigenvalue weighted by molar-refractivity contribution is 4.95. The third-order valence-electron chi connectivity index (χ3n) is 2.57. The van der Waals surface area contributed by atoms with Crippen molar-refractivity contribution in [1.29, 1.82) is 0 Å². The molecule has 0 aromatic heterocycles. The summed E-state index contributed by atoms with van der Waals surface area (Å²) in [7, 11) is 1.84. The molecule has 0 aromatic rings. The smallest absolute Gasteiger partial charge is 0.0681 e. The quantitative estimate of drug-likeness (QED) is 0.610. The maximum atomic E-state index is 5.44. The van der Waals surface area contributed by atoms with Gasteiger partial charge >= 0.3 is 0 Å². The maximum absolute atomic E-state index is 5.44. The van der Waals surface area contributed by atoms with Gasteiger partial charge in [0.1, 0.15) is 0 Å². The molecule has 1 rings (SSSR count). The third kappa shape index (κ3) is 2.82. The van der Waals surface area contributed by atoms with Crippen LogP contribution in [0, 0.1) is 5.41 Å². The lowest BCUT2D eigenvalue weighted by molar-refractivity contribution is 0.0623. The molecule has 0 spiro atoms. The third-order valence-corrected chi connectivity index (χ3v) is 2.57. The van der Waals surface area contributed by atoms with Crippen molar-refractivity contribution >= 4 is 0 Å². The highest BCUT2D eigenvalue weighted by atomic mass is 16.5. The highest BCUT2D eigenvalue weighted by Crippen LogP contribution is 2.44. The second-order valence-electron chi connectivity index (χ2n) is 4.95. The average Bonchev–Trinajstić information content (AvgIpc) is 2.63. The molecule has 1 heteroatoms. The first-order valence-electron chi connectivity index (χ1n) is 4.53. The molecule has 0 radical (unpaired) electrons. The standard InChI is InChI=1S/C10H20O/c1-9(2,3)5-6-10(11-4)7-8-10/h5-8H2,1-4H3. The van der Waals surface area contributed by atoms with E-state index in [0.717, 1.165) is 0 Å². The summed E-state index contributed by atoms with van der Waals surface area (Å²) in [4.78, 5) is 0. The largest absolute Gasteiger partial charge is 0.378 e. The summed E-state index contributed by atoms with van der Waals surface area (Å²) in [6.07, 6.45) is 5.08. The van der Waals surface area contributed by atoms with Crippen molar-refractivity contribution in [3.8, 4) is 0 Å². The summed E-state index contributed by atoms with van der Waals surface area (Å²) in [6, 6.07) is 0. The van der Waals surface area contributed by atoms with Crippen LogP contribution in [0.4, 0.5) is 0 Å². The molecule has 1 nitrogen and oxygen atoms in total. The second kappa shape index (κ2) is 2.78. The van der Waals surface area contributed by atoms with E-state index in [1.807, 2.05) is 7.11 Å². The van der Waals surface area contributed by atoms with Crippen molar-refractivity contribution in [2.75, 3.05) is 7.11 Å². The Morgan fingerprint density at radius 2 is 1.82 bits per heavy atom. The molecule has 1 aliphatic carbocycles. The zero-order valence-electron chi connectivity index (χ0n) is 8.24. The van der Waals surface area contributed by atoms with Crippen molar-refractivity contribution in [2.45, 2.75) is 52.1 Å². The number of hydrogen-bond acceptors (Lipinski definition) is 1. The molecule has 66 valence electrons. The normalized spacial score (nSPS) is 21.8. The van der Waals surface area contributed by atoms with E-state index in [-0.39, 0.29) is 0 Å². The lowest BCUT2D eigenvalue weighted by Gasteiger charge is -2.21. The van der Waals surface area contributed by atoms with Crippen LogP contribution >= 0.6 is 0 Å². The Morgan fingerprint density at radius 1 is 1.27 bits per heavy atom. The minimum atomic E-state index is 0.299. The molecule has 0 aromatic carbocycles. The molecular formula is C10H20O. The predicted molar refractivity (Wildman–Crippen MR) is 47.7 cm³/mol. The van der Waals surface area contributed by atoms with E-state index in [2.05, 4.69) is 20.8 Å². The molecule has 1 aliphatic rings. The Bertz CT molecular complexity index is 128. The van der Waals surface area contributed by atoms with Gasteiger partial charge in [-0.3, -0.25) is 0 Å². The van der Waals surface area contributed by atoms with Crippen molar-refractivity contribution in [2.24, 2.45) is 5.41 Å². The Kier molecular flexibility index (Phi) is 2.29. The number of methoxy groups -OCH3 is 1. The van der Waals surface area contributed by atoms with Crippen molar-refractivity contribution in [3.05, 3.63) is 0 Å². The minimum Gasteiger partial charge on any atom is -0.378 e. The summed E-state index contributed by atoms with van der Waals surface area (Å²) in [5, 5.41) is 0. The maximum Gasteiger partial charge on any atom is 0.0681 e. The molecular weight excluding hydrogens is 136 g/mol. The Labute approximate surface area is 70.1 Å². The van der Waals surface area contributed by atoms with Gasteiger partial charge in [-0.25, -0.2) is 0 Å². The first-order chi connectivity index (χ1) is 4.97. The van der Waals surface area contributed by atoms with Crippen molar-refractivity contribution in [3.63, 3.8) is 0 Å². The fourth-order valence-corrected chi connectivity index (χ4v) is 1.30. The molecule has 0 amide bonds. The summed E-state index contributed by atoms with van der Waals surface area (Å²) >= 11 is 0. The first-order valence-corrected chi connectivity index (χ1v) is 4.53. The Morgan fingerprint density at radius 3 is 2.09 bits per heavy atom. The van der Waals surface area contributed by atoms with E-state index < -0.39 is 0 Å². The van der Waals surface area contributed by atoms with E-state index in [1.165, 1.54) is 25.7 Å². The average molecular weight is 156 g/mol. The Balaban J connectivity index is 2.22. The van der Waals surface area contributed by atoms with Crippen LogP contribution in [0.15, 0.2) is 0 Å². The summed E-state index contributed by atoms with van der Waals surface area (Å²) in [5.74, 6) is 0. The van der Waals surface area contributed by atoms with Crippen LogP contribution in [0.3, 0.4) is 0 Å². The molecule has 11 heavy (non-hydrogen) atoms. The number of rotatable bonds is 3. The van der Waals surface area contributed by atoms with Crippen LogP contribution in [0.2, 0.25) is 0 Å². The molecule has 1 fully saturated rings. The van der Waals surface area contributed by atoms with Crippen LogP contribution in [0.25, 0.3) is 0 Å². The van der Waals surface area contributed by atoms with E-state index >= 15 is 0 Å². The molecule has 0 heterocycles. The van der Waals surface area contributed by atoms with Gasteiger partial charge in [-0.1, -0.05) is 20.8 Å². The number of ether oxygens (including phenoxy) is 1. The van der Waals surface area contributed by atoms with Crippen LogP contribution < -0.4 is 0 Å². The summed E-state index contributed by atoms with van der Waals surface area (Å²) < 4.78 is 5.44. The van der Waals surface area contributed by atoms with Crippen LogP contribution in [-0.2, 0) is 4.74 Å². The van der Waals surface area contributed by atoms with Gasteiger partial charge in [0.25, 0.3) is 0 Å². The van der Waals surface area contributed by atoms with Gasteiger partial charge in [-0.05, 0) is 31.1 Å². The number of hydrogen-bond donors (Lipinski definition) is 0.